The zero-order valence-corrected chi connectivity index (χ0v) is 9.70. The average Bonchev–Trinajstić information content (AvgIpc) is 2.17. The molecule has 0 aliphatic rings. The molecule has 1 unspecified atom stereocenters. The Morgan fingerprint density at radius 1 is 1.47 bits per heavy atom. The molecule has 0 aliphatic carbocycles. The molecule has 0 amide bonds. The van der Waals surface area contributed by atoms with Crippen LogP contribution in [0.4, 0.5) is 5.69 Å². The third kappa shape index (κ3) is 3.88. The summed E-state index contributed by atoms with van der Waals surface area (Å²) in [5.41, 5.74) is 2.08. The Morgan fingerprint density at radius 2 is 2.20 bits per heavy atom. The van der Waals surface area contributed by atoms with Crippen LogP contribution in [-0.2, 0) is 0 Å². The molecule has 15 heavy (non-hydrogen) atoms. The number of hydrogen-bond acceptors (Lipinski definition) is 3. The summed E-state index contributed by atoms with van der Waals surface area (Å²) in [6.07, 6.45) is 2.58. The molecule has 0 saturated heterocycles. The molecule has 84 valence electrons. The van der Waals surface area contributed by atoms with Crippen molar-refractivity contribution in [1.29, 1.82) is 0 Å². The topological polar surface area (TPSA) is 45.1 Å². The third-order valence-corrected chi connectivity index (χ3v) is 2.49. The van der Waals surface area contributed by atoms with E-state index >= 15 is 0 Å². The van der Waals surface area contributed by atoms with Gasteiger partial charge in [-0.25, -0.2) is 0 Å². The number of aliphatic hydroxyl groups excluding tert-OH is 1. The van der Waals surface area contributed by atoms with Gasteiger partial charge in [-0.3, -0.25) is 4.98 Å². The second-order valence-corrected chi connectivity index (χ2v) is 4.19. The predicted molar refractivity (Wildman–Crippen MR) is 62.9 cm³/mol. The minimum atomic E-state index is 0.222. The lowest BCUT2D eigenvalue weighted by molar-refractivity contribution is 0.267. The van der Waals surface area contributed by atoms with Crippen molar-refractivity contribution in [2.45, 2.75) is 33.2 Å². The molecule has 0 saturated carbocycles. The van der Waals surface area contributed by atoms with Crippen molar-refractivity contribution >= 4 is 5.69 Å². The van der Waals surface area contributed by atoms with Gasteiger partial charge in [0.15, 0.2) is 0 Å². The van der Waals surface area contributed by atoms with Gasteiger partial charge in [-0.1, -0.05) is 13.8 Å². The normalized spacial score (nSPS) is 12.9. The van der Waals surface area contributed by atoms with Crippen LogP contribution in [-0.4, -0.2) is 22.7 Å². The molecule has 0 aromatic carbocycles. The van der Waals surface area contributed by atoms with Crippen molar-refractivity contribution in [2.24, 2.45) is 5.92 Å². The first-order valence-electron chi connectivity index (χ1n) is 5.43. The molecular weight excluding hydrogens is 188 g/mol. The summed E-state index contributed by atoms with van der Waals surface area (Å²) in [7, 11) is 0. The molecule has 1 aromatic rings. The van der Waals surface area contributed by atoms with Crippen LogP contribution in [0.25, 0.3) is 0 Å². The highest BCUT2D eigenvalue weighted by atomic mass is 16.3. The first kappa shape index (κ1) is 12.0. The van der Waals surface area contributed by atoms with E-state index in [2.05, 4.69) is 24.1 Å². The van der Waals surface area contributed by atoms with Crippen molar-refractivity contribution in [3.63, 3.8) is 0 Å². The molecule has 1 rings (SSSR count). The van der Waals surface area contributed by atoms with Gasteiger partial charge in [0.1, 0.15) is 0 Å². The highest BCUT2D eigenvalue weighted by Crippen LogP contribution is 2.15. The van der Waals surface area contributed by atoms with Crippen molar-refractivity contribution in [3.05, 3.63) is 24.0 Å². The first-order chi connectivity index (χ1) is 7.13. The minimum absolute atomic E-state index is 0.222. The molecule has 1 heterocycles. The lowest BCUT2D eigenvalue weighted by Gasteiger charge is -2.22. The van der Waals surface area contributed by atoms with Crippen molar-refractivity contribution in [2.75, 3.05) is 11.9 Å². The Bertz CT molecular complexity index is 299. The van der Waals surface area contributed by atoms with E-state index in [4.69, 9.17) is 5.11 Å². The van der Waals surface area contributed by atoms with Crippen LogP contribution in [0.5, 0.6) is 0 Å². The van der Waals surface area contributed by atoms with E-state index in [0.29, 0.717) is 12.0 Å². The van der Waals surface area contributed by atoms with E-state index in [1.807, 2.05) is 19.1 Å². The van der Waals surface area contributed by atoms with Gasteiger partial charge in [-0.2, -0.15) is 0 Å². The molecule has 1 aromatic heterocycles. The van der Waals surface area contributed by atoms with E-state index in [-0.39, 0.29) is 6.61 Å². The molecule has 0 fully saturated rings. The molecular formula is C12H20N2O. The lowest BCUT2D eigenvalue weighted by atomic mass is 10.0. The number of pyridine rings is 1. The second-order valence-electron chi connectivity index (χ2n) is 4.19. The Kier molecular flexibility index (Phi) is 4.56. The second kappa shape index (κ2) is 5.71. The molecule has 0 aliphatic heterocycles. The van der Waals surface area contributed by atoms with Crippen LogP contribution in [0.3, 0.4) is 0 Å². The number of anilines is 1. The van der Waals surface area contributed by atoms with E-state index in [1.165, 1.54) is 0 Å². The van der Waals surface area contributed by atoms with Gasteiger partial charge in [0, 0.05) is 30.2 Å². The Morgan fingerprint density at radius 3 is 2.73 bits per heavy atom. The summed E-state index contributed by atoms with van der Waals surface area (Å²) in [4.78, 5) is 4.15. The monoisotopic (exact) mass is 208 g/mol. The number of aromatic nitrogens is 1. The van der Waals surface area contributed by atoms with E-state index < -0.39 is 0 Å². The first-order valence-corrected chi connectivity index (χ1v) is 5.43. The van der Waals surface area contributed by atoms with Crippen molar-refractivity contribution in [3.8, 4) is 0 Å². The highest BCUT2D eigenvalue weighted by Gasteiger charge is 2.12. The zero-order chi connectivity index (χ0) is 11.3. The minimum Gasteiger partial charge on any atom is -0.396 e. The Balaban J connectivity index is 2.65. The van der Waals surface area contributed by atoms with Crippen molar-refractivity contribution < 1.29 is 5.11 Å². The van der Waals surface area contributed by atoms with Crippen LogP contribution in [0.1, 0.15) is 26.0 Å². The summed E-state index contributed by atoms with van der Waals surface area (Å²) in [6.45, 7) is 6.50. The molecule has 3 nitrogen and oxygen atoms in total. The quantitative estimate of drug-likeness (QED) is 0.779. The van der Waals surface area contributed by atoms with Crippen molar-refractivity contribution in [1.82, 2.24) is 4.98 Å². The SMILES string of the molecule is Cc1cc(NC(CCO)C(C)C)ccn1. The maximum Gasteiger partial charge on any atom is 0.0450 e. The number of aryl methyl sites for hydroxylation is 1. The van der Waals surface area contributed by atoms with Gasteiger partial charge in [-0.15, -0.1) is 0 Å². The molecule has 0 radical (unpaired) electrons. The van der Waals surface area contributed by atoms with Gasteiger partial charge in [-0.05, 0) is 31.4 Å². The fraction of sp³-hybridized carbons (Fsp3) is 0.583. The largest absolute Gasteiger partial charge is 0.396 e. The van der Waals surface area contributed by atoms with Gasteiger partial charge in [0.2, 0.25) is 0 Å². The van der Waals surface area contributed by atoms with Crippen LogP contribution >= 0.6 is 0 Å². The predicted octanol–water partition coefficient (Wildman–Crippen LogP) is 2.21. The summed E-state index contributed by atoms with van der Waals surface area (Å²) in [5, 5.41) is 12.4. The smallest absolute Gasteiger partial charge is 0.0450 e. The Hall–Kier alpha value is -1.09. The highest BCUT2D eigenvalue weighted by molar-refractivity contribution is 5.43. The molecule has 0 bridgehead atoms. The Labute approximate surface area is 91.5 Å². The summed E-state index contributed by atoms with van der Waals surface area (Å²) >= 11 is 0. The van der Waals surface area contributed by atoms with Crippen LogP contribution < -0.4 is 5.32 Å². The zero-order valence-electron chi connectivity index (χ0n) is 9.70. The maximum absolute atomic E-state index is 8.97. The van der Waals surface area contributed by atoms with Gasteiger partial charge < -0.3 is 10.4 Å². The van der Waals surface area contributed by atoms with Crippen LogP contribution in [0, 0.1) is 12.8 Å². The van der Waals surface area contributed by atoms with E-state index in [1.54, 1.807) is 6.20 Å². The van der Waals surface area contributed by atoms with E-state index in [9.17, 15) is 0 Å². The van der Waals surface area contributed by atoms with Gasteiger partial charge in [0.05, 0.1) is 0 Å². The fourth-order valence-corrected chi connectivity index (χ4v) is 1.56. The standard InChI is InChI=1S/C12H20N2O/c1-9(2)12(5-7-15)14-11-4-6-13-10(3)8-11/h4,6,8-9,12,15H,5,7H2,1-3H3,(H,13,14). The summed E-state index contributed by atoms with van der Waals surface area (Å²) in [6, 6.07) is 4.30. The molecule has 3 heteroatoms. The fourth-order valence-electron chi connectivity index (χ4n) is 1.56. The average molecular weight is 208 g/mol. The van der Waals surface area contributed by atoms with Gasteiger partial charge in [0.25, 0.3) is 0 Å². The van der Waals surface area contributed by atoms with Crippen LogP contribution in [0.15, 0.2) is 18.3 Å². The molecule has 1 atom stereocenters. The van der Waals surface area contributed by atoms with Gasteiger partial charge >= 0.3 is 0 Å². The summed E-state index contributed by atoms with van der Waals surface area (Å²) < 4.78 is 0. The third-order valence-electron chi connectivity index (χ3n) is 2.49. The van der Waals surface area contributed by atoms with E-state index in [0.717, 1.165) is 17.8 Å². The number of rotatable bonds is 5. The molecule has 0 spiro atoms. The summed E-state index contributed by atoms with van der Waals surface area (Å²) in [5.74, 6) is 0.505. The lowest BCUT2D eigenvalue weighted by Crippen LogP contribution is -2.26. The number of aliphatic hydroxyl groups is 1. The number of nitrogens with one attached hydrogen (secondary N) is 1. The van der Waals surface area contributed by atoms with Crippen LogP contribution in [0.2, 0.25) is 0 Å². The maximum atomic E-state index is 8.97. The number of hydrogen-bond donors (Lipinski definition) is 2. The molecule has 2 N–H and O–H groups in total. The number of nitrogens with zero attached hydrogens (tertiary/aromatic N) is 1.